The topological polar surface area (TPSA) is 69.4 Å². The predicted octanol–water partition coefficient (Wildman–Crippen LogP) is 13.2. The zero-order chi connectivity index (χ0) is 37.5. The van der Waals surface area contributed by atoms with Crippen LogP contribution < -0.4 is 0 Å². The molecule has 0 saturated heterocycles. The van der Waals surface area contributed by atoms with Crippen LogP contribution in [0.25, 0.3) is 113 Å². The van der Waals surface area contributed by atoms with Crippen molar-refractivity contribution in [3.63, 3.8) is 0 Å². The molecule has 8 heteroatoms. The summed E-state index contributed by atoms with van der Waals surface area (Å²) in [4.78, 5) is 20.2. The molecule has 0 aliphatic heterocycles. The van der Waals surface area contributed by atoms with Crippen LogP contribution in [-0.2, 0) is 0 Å². The van der Waals surface area contributed by atoms with Crippen LogP contribution in [-0.4, -0.2) is 29.7 Å². The Morgan fingerprint density at radius 3 is 1.68 bits per heavy atom. The fourth-order valence-electron chi connectivity index (χ4n) is 8.17. The molecule has 0 radical (unpaired) electrons. The lowest BCUT2D eigenvalue weighted by molar-refractivity contribution is 0.911. The van der Waals surface area contributed by atoms with Gasteiger partial charge in [-0.3, -0.25) is 4.98 Å². The van der Waals surface area contributed by atoms with Crippen LogP contribution in [0.1, 0.15) is 0 Å². The van der Waals surface area contributed by atoms with Crippen molar-refractivity contribution in [2.75, 3.05) is 0 Å². The van der Waals surface area contributed by atoms with E-state index in [1.807, 2.05) is 16.8 Å². The quantitative estimate of drug-likeness (QED) is 0.175. The average Bonchev–Trinajstić information content (AvgIpc) is 3.99. The molecule has 12 aromatic rings. The molecule has 0 saturated carbocycles. The van der Waals surface area contributed by atoms with E-state index < -0.39 is 0 Å². The van der Waals surface area contributed by atoms with Crippen LogP contribution in [0.2, 0.25) is 0 Å². The maximum absolute atomic E-state index is 5.30. The summed E-state index contributed by atoms with van der Waals surface area (Å²) in [6.45, 7) is 0. The molecule has 57 heavy (non-hydrogen) atoms. The lowest BCUT2D eigenvalue weighted by Crippen LogP contribution is -2.00. The average molecular weight is 765 g/mol. The highest BCUT2D eigenvalue weighted by atomic mass is 32.1. The first-order valence-corrected chi connectivity index (χ1v) is 20.4. The lowest BCUT2D eigenvalue weighted by atomic mass is 10.00. The van der Waals surface area contributed by atoms with E-state index in [1.165, 1.54) is 30.9 Å². The van der Waals surface area contributed by atoms with Crippen LogP contribution in [0.4, 0.5) is 0 Å². The highest BCUT2D eigenvalue weighted by Gasteiger charge is 2.21. The summed E-state index contributed by atoms with van der Waals surface area (Å²) in [5.41, 5.74) is 6.71. The molecule has 0 bridgehead atoms. The molecule has 266 valence electrons. The van der Waals surface area contributed by atoms with Gasteiger partial charge >= 0.3 is 0 Å². The van der Waals surface area contributed by atoms with Crippen molar-refractivity contribution >= 4 is 84.7 Å². The Bertz CT molecular complexity index is 3410. The molecule has 0 N–H and O–H groups in total. The fourth-order valence-corrected chi connectivity index (χ4v) is 10.6. The van der Waals surface area contributed by atoms with Gasteiger partial charge in [0.15, 0.2) is 17.5 Å². The van der Waals surface area contributed by atoms with Gasteiger partial charge in [0.25, 0.3) is 0 Å². The Kier molecular flexibility index (Phi) is 7.17. The summed E-state index contributed by atoms with van der Waals surface area (Å²) in [6, 6.07) is 55.3. The Hall–Kier alpha value is -7.13. The van der Waals surface area contributed by atoms with Crippen LogP contribution in [0.5, 0.6) is 0 Å². The largest absolute Gasteiger partial charge is 0.265 e. The first-order chi connectivity index (χ1) is 28.2. The Morgan fingerprint density at radius 1 is 0.439 bits per heavy atom. The summed E-state index contributed by atoms with van der Waals surface area (Å²) in [5.74, 6) is 1.90. The highest BCUT2D eigenvalue weighted by molar-refractivity contribution is 7.26. The minimum Gasteiger partial charge on any atom is -0.265 e. The number of pyridine rings is 1. The molecule has 0 fully saturated rings. The first kappa shape index (κ1) is 32.1. The minimum absolute atomic E-state index is 0.607. The third-order valence-corrected chi connectivity index (χ3v) is 13.2. The van der Waals surface area contributed by atoms with Crippen molar-refractivity contribution in [1.29, 1.82) is 0 Å². The van der Waals surface area contributed by atoms with Gasteiger partial charge in [-0.1, -0.05) is 109 Å². The molecule has 0 spiro atoms. The van der Waals surface area contributed by atoms with Crippen LogP contribution in [0.3, 0.4) is 0 Å². The van der Waals surface area contributed by atoms with Gasteiger partial charge in [-0.2, -0.15) is 5.10 Å². The normalized spacial score (nSPS) is 11.9. The maximum Gasteiger partial charge on any atom is 0.165 e. The predicted molar refractivity (Wildman–Crippen MR) is 237 cm³/mol. The molecule has 12 rings (SSSR count). The molecular weight excluding hydrogens is 737 g/mol. The molecule has 0 atom stereocenters. The van der Waals surface area contributed by atoms with Crippen molar-refractivity contribution in [2.24, 2.45) is 0 Å². The third kappa shape index (κ3) is 5.12. The van der Waals surface area contributed by atoms with Crippen molar-refractivity contribution in [2.45, 2.75) is 0 Å². The van der Waals surface area contributed by atoms with E-state index in [1.54, 1.807) is 35.1 Å². The number of aromatic nitrogens is 6. The number of benzene rings is 7. The van der Waals surface area contributed by atoms with Gasteiger partial charge in [-0.25, -0.2) is 19.6 Å². The highest BCUT2D eigenvalue weighted by Crippen LogP contribution is 2.43. The van der Waals surface area contributed by atoms with E-state index in [2.05, 4.69) is 151 Å². The van der Waals surface area contributed by atoms with Gasteiger partial charge in [-0.05, 0) is 59.3 Å². The second-order valence-electron chi connectivity index (χ2n) is 14.1. The van der Waals surface area contributed by atoms with Crippen LogP contribution in [0, 0.1) is 0 Å². The molecule has 0 aliphatic carbocycles. The van der Waals surface area contributed by atoms with E-state index in [0.29, 0.717) is 17.5 Å². The molecule has 5 aromatic heterocycles. The molecule has 0 unspecified atom stereocenters. The van der Waals surface area contributed by atoms with Gasteiger partial charge in [0.05, 0.1) is 11.2 Å². The Balaban J connectivity index is 1.10. The van der Waals surface area contributed by atoms with E-state index >= 15 is 0 Å². The zero-order valence-electron chi connectivity index (χ0n) is 30.2. The van der Waals surface area contributed by atoms with Gasteiger partial charge in [-0.15, -0.1) is 22.7 Å². The second kappa shape index (κ2) is 12.7. The van der Waals surface area contributed by atoms with Gasteiger partial charge in [0.2, 0.25) is 0 Å². The Labute approximate surface area is 334 Å². The zero-order valence-corrected chi connectivity index (χ0v) is 31.8. The van der Waals surface area contributed by atoms with Gasteiger partial charge in [0.1, 0.15) is 5.69 Å². The maximum atomic E-state index is 5.30. The lowest BCUT2D eigenvalue weighted by Gasteiger charge is -2.10. The third-order valence-electron chi connectivity index (χ3n) is 10.8. The number of hydrogen-bond acceptors (Lipinski definition) is 7. The van der Waals surface area contributed by atoms with E-state index in [4.69, 9.17) is 20.1 Å². The van der Waals surface area contributed by atoms with Crippen molar-refractivity contribution < 1.29 is 0 Å². The number of rotatable bonds is 5. The summed E-state index contributed by atoms with van der Waals surface area (Å²) in [5, 5.41) is 13.6. The molecule has 5 heterocycles. The number of thiophene rings is 2. The monoisotopic (exact) mass is 764 g/mol. The molecule has 6 nitrogen and oxygen atoms in total. The smallest absolute Gasteiger partial charge is 0.165 e. The van der Waals surface area contributed by atoms with Gasteiger partial charge in [0, 0.05) is 80.4 Å². The van der Waals surface area contributed by atoms with Crippen molar-refractivity contribution in [3.8, 4) is 51.1 Å². The standard InChI is InChI=1S/C49H28N6S2/c1-2-13-33-29(10-1)22-23-40-43(33)44(54-55(40)32-24-26-50-27-25-32)30-11-7-12-31(28-30)47-51-48(38-18-8-16-36-34-14-3-5-20-41(34)56-45(36)38)53-49(52-47)39-19-9-17-37-35-15-4-6-21-42(35)57-46(37)39/h1-28H. The van der Waals surface area contributed by atoms with Crippen LogP contribution >= 0.6 is 22.7 Å². The van der Waals surface area contributed by atoms with Gasteiger partial charge < -0.3 is 0 Å². The summed E-state index contributed by atoms with van der Waals surface area (Å²) < 4.78 is 6.82. The van der Waals surface area contributed by atoms with E-state index in [9.17, 15) is 0 Å². The molecular formula is C49H28N6S2. The molecule has 0 amide bonds. The minimum atomic E-state index is 0.607. The SMILES string of the molecule is c1cc(-c2nc(-c3cccc4c3sc3ccccc34)nc(-c3cccc4c3sc3ccccc34)n2)cc(-c2nn(-c3ccncc3)c3ccc4ccccc4c23)c1. The fraction of sp³-hybridized carbons (Fsp3) is 0. The Morgan fingerprint density at radius 2 is 1.00 bits per heavy atom. The van der Waals surface area contributed by atoms with E-state index in [-0.39, 0.29) is 0 Å². The second-order valence-corrected chi connectivity index (χ2v) is 16.2. The first-order valence-electron chi connectivity index (χ1n) is 18.7. The summed E-state index contributed by atoms with van der Waals surface area (Å²) in [6.07, 6.45) is 3.61. The number of hydrogen-bond donors (Lipinski definition) is 0. The number of fused-ring (bicyclic) bond motifs is 9. The summed E-state index contributed by atoms with van der Waals surface area (Å²) >= 11 is 3.56. The molecule has 0 aliphatic rings. The molecule has 7 aromatic carbocycles. The number of nitrogens with zero attached hydrogens (tertiary/aromatic N) is 6. The summed E-state index contributed by atoms with van der Waals surface area (Å²) in [7, 11) is 0. The van der Waals surface area contributed by atoms with Crippen molar-refractivity contribution in [1.82, 2.24) is 29.7 Å². The van der Waals surface area contributed by atoms with Crippen molar-refractivity contribution in [3.05, 3.63) is 170 Å². The van der Waals surface area contributed by atoms with E-state index in [0.717, 1.165) is 64.7 Å². The van der Waals surface area contributed by atoms with Crippen LogP contribution in [0.15, 0.2) is 170 Å².